The molecule has 2 heterocycles. The van der Waals surface area contributed by atoms with Crippen molar-refractivity contribution < 1.29 is 26.7 Å². The van der Waals surface area contributed by atoms with Gasteiger partial charge in [-0.2, -0.15) is 0 Å². The van der Waals surface area contributed by atoms with Gasteiger partial charge in [0.15, 0.2) is 17.2 Å². The number of hydrogen-bond acceptors (Lipinski definition) is 8. The summed E-state index contributed by atoms with van der Waals surface area (Å²) >= 11 is 0. The Morgan fingerprint density at radius 1 is 1.22 bits per heavy atom. The molecule has 1 aliphatic heterocycles. The second-order valence-corrected chi connectivity index (χ2v) is 13.2. The molecule has 1 aliphatic carbocycles. The van der Waals surface area contributed by atoms with Crippen molar-refractivity contribution in [1.82, 2.24) is 24.9 Å². The molecule has 2 fully saturated rings. The first kappa shape index (κ1) is 31.0. The highest BCUT2D eigenvalue weighted by Gasteiger charge is 2.45. The quantitative estimate of drug-likeness (QED) is 0.384. The van der Waals surface area contributed by atoms with Crippen LogP contribution in [0.3, 0.4) is 0 Å². The lowest BCUT2D eigenvalue weighted by Crippen LogP contribution is -2.64. The Balaban J connectivity index is 1.34. The van der Waals surface area contributed by atoms with Crippen LogP contribution in [0.5, 0.6) is 11.5 Å². The van der Waals surface area contributed by atoms with Crippen molar-refractivity contribution in [2.24, 2.45) is 5.92 Å². The maximum atomic E-state index is 15.5. The van der Waals surface area contributed by atoms with Crippen molar-refractivity contribution in [3.63, 3.8) is 0 Å². The molecule has 0 radical (unpaired) electrons. The van der Waals surface area contributed by atoms with Crippen LogP contribution in [0.25, 0.3) is 0 Å². The highest BCUT2D eigenvalue weighted by Crippen LogP contribution is 2.37. The van der Waals surface area contributed by atoms with E-state index in [9.17, 15) is 17.6 Å². The normalized spacial score (nSPS) is 20.5. The Labute approximate surface area is 240 Å². The van der Waals surface area contributed by atoms with Crippen LogP contribution in [-0.4, -0.2) is 85.9 Å². The smallest absolute Gasteiger partial charge is 0.257 e. The van der Waals surface area contributed by atoms with E-state index in [0.717, 1.165) is 31.7 Å². The summed E-state index contributed by atoms with van der Waals surface area (Å²) in [5.41, 5.74) is -1.36. The first-order chi connectivity index (χ1) is 19.4. The van der Waals surface area contributed by atoms with E-state index < -0.39 is 21.5 Å². The molecule has 10 nitrogen and oxygen atoms in total. The van der Waals surface area contributed by atoms with E-state index in [1.807, 2.05) is 20.8 Å². The number of alkyl halides is 1. The third-order valence-corrected chi connectivity index (χ3v) is 8.39. The maximum Gasteiger partial charge on any atom is 0.257 e. The minimum absolute atomic E-state index is 0.0249. The van der Waals surface area contributed by atoms with Gasteiger partial charge in [-0.3, -0.25) is 4.79 Å². The van der Waals surface area contributed by atoms with Crippen LogP contribution in [0.2, 0.25) is 0 Å². The van der Waals surface area contributed by atoms with Crippen molar-refractivity contribution >= 4 is 21.7 Å². The van der Waals surface area contributed by atoms with Gasteiger partial charge in [0, 0.05) is 25.2 Å². The largest absolute Gasteiger partial charge is 0.451 e. The number of nitrogens with one attached hydrogen (secondary N) is 2. The number of benzene rings is 1. The number of hydrogen-bond donors (Lipinski definition) is 2. The summed E-state index contributed by atoms with van der Waals surface area (Å²) < 4.78 is 61.2. The Morgan fingerprint density at radius 2 is 1.93 bits per heavy atom. The number of carbonyl (C=O) groups excluding carboxylic acids is 1. The molecule has 1 saturated heterocycles. The van der Waals surface area contributed by atoms with Crippen LogP contribution in [-0.2, 0) is 10.0 Å². The molecule has 1 saturated carbocycles. The van der Waals surface area contributed by atoms with Gasteiger partial charge in [0.2, 0.25) is 10.0 Å². The minimum Gasteiger partial charge on any atom is -0.451 e. The summed E-state index contributed by atoms with van der Waals surface area (Å²) in [4.78, 5) is 24.9. The zero-order valence-electron chi connectivity index (χ0n) is 24.1. The van der Waals surface area contributed by atoms with Gasteiger partial charge in [0.1, 0.15) is 17.9 Å². The number of nitrogens with zero attached hydrogens (tertiary/aromatic N) is 4. The predicted octanol–water partition coefficient (Wildman–Crippen LogP) is 3.50. The number of carbonyl (C=O) groups is 1. The number of amides is 1. The summed E-state index contributed by atoms with van der Waals surface area (Å²) in [6.45, 7) is 7.14. The van der Waals surface area contributed by atoms with Gasteiger partial charge in [-0.25, -0.2) is 31.9 Å². The number of halogens is 2. The number of rotatable bonds is 12. The lowest BCUT2D eigenvalue weighted by molar-refractivity contribution is 0.0713. The number of ether oxygens (including phenoxy) is 1. The van der Waals surface area contributed by atoms with Gasteiger partial charge in [0.05, 0.1) is 31.1 Å². The third kappa shape index (κ3) is 8.10. The number of anilines is 1. The first-order valence-corrected chi connectivity index (χ1v) is 16.0. The fourth-order valence-corrected chi connectivity index (χ4v) is 6.42. The summed E-state index contributed by atoms with van der Waals surface area (Å²) in [5.74, 6) is 0.275. The molecule has 0 spiro atoms. The highest BCUT2D eigenvalue weighted by atomic mass is 32.2. The predicted molar refractivity (Wildman–Crippen MR) is 153 cm³/mol. The molecule has 2 aromatic rings. The topological polar surface area (TPSA) is 117 Å². The third-order valence-electron chi connectivity index (χ3n) is 7.63. The van der Waals surface area contributed by atoms with Crippen molar-refractivity contribution in [1.29, 1.82) is 0 Å². The van der Waals surface area contributed by atoms with Crippen molar-refractivity contribution in [2.75, 3.05) is 43.9 Å². The summed E-state index contributed by atoms with van der Waals surface area (Å²) in [6.07, 6.45) is 7.30. The van der Waals surface area contributed by atoms with Gasteiger partial charge in [-0.05, 0) is 77.1 Å². The fourth-order valence-electron chi connectivity index (χ4n) is 5.58. The van der Waals surface area contributed by atoms with Crippen LogP contribution in [0.4, 0.5) is 14.6 Å². The molecule has 0 bridgehead atoms. The molecular weight excluding hydrogens is 554 g/mol. The van der Waals surface area contributed by atoms with E-state index >= 15 is 4.39 Å². The molecule has 2 N–H and O–H groups in total. The maximum absolute atomic E-state index is 15.5. The highest BCUT2D eigenvalue weighted by molar-refractivity contribution is 7.88. The van der Waals surface area contributed by atoms with E-state index in [2.05, 4.69) is 20.0 Å². The standard InChI is InChI=1S/C28H40F2N6O4S/c1-5-36(19(2)3)27(37)23-12-21(29)8-11-24(23)40-25-14-32-18-33-26(25)35-16-28(30,17-35)15-31-13-20-6-9-22(10-7-20)34-41(4,38)39/h8,11-12,14,18-20,22,31,34H,5-7,9-10,13,15-17H2,1-4H3. The average Bonchev–Trinajstić information content (AvgIpc) is 2.89. The molecular formula is C28H40F2N6O4S. The van der Waals surface area contributed by atoms with E-state index in [4.69, 9.17) is 4.74 Å². The summed E-state index contributed by atoms with van der Waals surface area (Å²) in [6, 6.07) is 3.67. The molecule has 1 amide bonds. The average molecular weight is 595 g/mol. The summed E-state index contributed by atoms with van der Waals surface area (Å²) in [7, 11) is -3.21. The van der Waals surface area contributed by atoms with Gasteiger partial charge in [-0.15, -0.1) is 0 Å². The van der Waals surface area contributed by atoms with E-state index in [-0.39, 0.29) is 54.7 Å². The zero-order valence-corrected chi connectivity index (χ0v) is 24.9. The van der Waals surface area contributed by atoms with E-state index in [0.29, 0.717) is 24.8 Å². The fraction of sp³-hybridized carbons (Fsp3) is 0.607. The Morgan fingerprint density at radius 3 is 2.56 bits per heavy atom. The molecule has 1 aromatic carbocycles. The van der Waals surface area contributed by atoms with Crippen LogP contribution in [0.1, 0.15) is 56.8 Å². The first-order valence-electron chi connectivity index (χ1n) is 14.1. The van der Waals surface area contributed by atoms with Crippen molar-refractivity contribution in [2.45, 2.75) is 64.2 Å². The molecule has 2 aliphatic rings. The molecule has 226 valence electrons. The van der Waals surface area contributed by atoms with Crippen LogP contribution >= 0.6 is 0 Å². The van der Waals surface area contributed by atoms with E-state index in [1.54, 1.807) is 9.80 Å². The van der Waals surface area contributed by atoms with Crippen LogP contribution < -0.4 is 19.7 Å². The molecule has 0 unspecified atom stereocenters. The van der Waals surface area contributed by atoms with Crippen LogP contribution in [0, 0.1) is 11.7 Å². The molecule has 41 heavy (non-hydrogen) atoms. The Bertz CT molecular complexity index is 1310. The monoisotopic (exact) mass is 594 g/mol. The van der Waals surface area contributed by atoms with Crippen molar-refractivity contribution in [3.05, 3.63) is 42.1 Å². The second-order valence-electron chi connectivity index (χ2n) is 11.4. The lowest BCUT2D eigenvalue weighted by Gasteiger charge is -2.45. The Kier molecular flexibility index (Phi) is 9.81. The van der Waals surface area contributed by atoms with E-state index in [1.165, 1.54) is 30.9 Å². The minimum atomic E-state index is -3.21. The van der Waals surface area contributed by atoms with Gasteiger partial charge < -0.3 is 19.9 Å². The number of aromatic nitrogens is 2. The zero-order chi connectivity index (χ0) is 29.8. The molecule has 1 aromatic heterocycles. The van der Waals surface area contributed by atoms with Gasteiger partial charge >= 0.3 is 0 Å². The summed E-state index contributed by atoms with van der Waals surface area (Å²) in [5, 5.41) is 3.26. The van der Waals surface area contributed by atoms with Gasteiger partial charge in [-0.1, -0.05) is 0 Å². The second kappa shape index (κ2) is 13.0. The number of sulfonamides is 1. The molecule has 13 heteroatoms. The Hall–Kier alpha value is -2.90. The lowest BCUT2D eigenvalue weighted by atomic mass is 9.86. The van der Waals surface area contributed by atoms with Crippen LogP contribution in [0.15, 0.2) is 30.7 Å². The molecule has 0 atom stereocenters. The SMILES string of the molecule is CCN(C(=O)c1cc(F)ccc1Oc1cncnc1N1CC(F)(CNCC2CCC(NS(C)(=O)=O)CC2)C1)C(C)C. The molecule has 4 rings (SSSR count). The van der Waals surface area contributed by atoms with Gasteiger partial charge in [0.25, 0.3) is 5.91 Å². The van der Waals surface area contributed by atoms with Crippen molar-refractivity contribution in [3.8, 4) is 11.5 Å².